The SMILES string of the molecule is CCOc1cc(/C=C/C(=O)c2cc(F)ccc2F)cc(Cl)c1O. The van der Waals surface area contributed by atoms with Gasteiger partial charge in [0.15, 0.2) is 17.3 Å². The monoisotopic (exact) mass is 338 g/mol. The molecule has 0 fully saturated rings. The van der Waals surface area contributed by atoms with E-state index in [1.54, 1.807) is 6.92 Å². The standard InChI is InChI=1S/C17H13ClF2O3/c1-2-23-16-8-10(7-13(18)17(16)22)3-6-15(21)12-9-11(19)4-5-14(12)20/h3-9,22H,2H2,1H3/b6-3+. The van der Waals surface area contributed by atoms with E-state index in [4.69, 9.17) is 16.3 Å². The first-order valence-electron chi connectivity index (χ1n) is 6.75. The van der Waals surface area contributed by atoms with Crippen molar-refractivity contribution in [3.05, 3.63) is 64.2 Å². The predicted octanol–water partition coefficient (Wildman–Crippen LogP) is 4.62. The molecule has 0 saturated carbocycles. The van der Waals surface area contributed by atoms with Gasteiger partial charge in [-0.25, -0.2) is 8.78 Å². The van der Waals surface area contributed by atoms with Crippen molar-refractivity contribution in [2.24, 2.45) is 0 Å². The van der Waals surface area contributed by atoms with Gasteiger partial charge < -0.3 is 9.84 Å². The van der Waals surface area contributed by atoms with Crippen LogP contribution in [0.3, 0.4) is 0 Å². The van der Waals surface area contributed by atoms with Crippen LogP contribution in [0.5, 0.6) is 11.5 Å². The van der Waals surface area contributed by atoms with Gasteiger partial charge in [-0.3, -0.25) is 4.79 Å². The summed E-state index contributed by atoms with van der Waals surface area (Å²) < 4.78 is 31.9. The van der Waals surface area contributed by atoms with E-state index in [2.05, 4.69) is 0 Å². The Morgan fingerprint density at radius 2 is 2.04 bits per heavy atom. The minimum absolute atomic E-state index is 0.0555. The van der Waals surface area contributed by atoms with Gasteiger partial charge >= 0.3 is 0 Å². The van der Waals surface area contributed by atoms with Crippen molar-refractivity contribution in [1.29, 1.82) is 0 Å². The fourth-order valence-corrected chi connectivity index (χ4v) is 2.12. The molecule has 0 aromatic heterocycles. The average molecular weight is 339 g/mol. The third kappa shape index (κ3) is 4.07. The van der Waals surface area contributed by atoms with Crippen LogP contribution in [0.15, 0.2) is 36.4 Å². The number of carbonyl (C=O) groups excluding carboxylic acids is 1. The molecule has 0 bridgehead atoms. The Balaban J connectivity index is 2.29. The van der Waals surface area contributed by atoms with Crippen molar-refractivity contribution >= 4 is 23.5 Å². The molecule has 0 aliphatic rings. The summed E-state index contributed by atoms with van der Waals surface area (Å²) in [5.41, 5.74) is 0.109. The lowest BCUT2D eigenvalue weighted by molar-refractivity contribution is 0.104. The number of ether oxygens (including phenoxy) is 1. The summed E-state index contributed by atoms with van der Waals surface area (Å²) in [6.45, 7) is 2.07. The van der Waals surface area contributed by atoms with E-state index < -0.39 is 17.4 Å². The number of hydrogen-bond acceptors (Lipinski definition) is 3. The van der Waals surface area contributed by atoms with Gasteiger partial charge in [-0.15, -0.1) is 0 Å². The van der Waals surface area contributed by atoms with Gasteiger partial charge in [-0.1, -0.05) is 17.7 Å². The predicted molar refractivity (Wildman–Crippen MR) is 84.0 cm³/mol. The topological polar surface area (TPSA) is 46.5 Å². The van der Waals surface area contributed by atoms with Crippen LogP contribution in [-0.2, 0) is 0 Å². The van der Waals surface area contributed by atoms with Crippen LogP contribution in [0.2, 0.25) is 5.02 Å². The summed E-state index contributed by atoms with van der Waals surface area (Å²) in [6, 6.07) is 5.56. The van der Waals surface area contributed by atoms with Crippen molar-refractivity contribution in [1.82, 2.24) is 0 Å². The molecule has 3 nitrogen and oxygen atoms in total. The molecule has 1 N–H and O–H groups in total. The Labute approximate surface area is 136 Å². The zero-order chi connectivity index (χ0) is 17.0. The molecule has 120 valence electrons. The van der Waals surface area contributed by atoms with E-state index in [0.29, 0.717) is 12.2 Å². The van der Waals surface area contributed by atoms with Gasteiger partial charge in [0.05, 0.1) is 17.2 Å². The lowest BCUT2D eigenvalue weighted by Crippen LogP contribution is -1.99. The summed E-state index contributed by atoms with van der Waals surface area (Å²) in [5, 5.41) is 9.79. The van der Waals surface area contributed by atoms with Gasteiger partial charge in [0, 0.05) is 0 Å². The Morgan fingerprint density at radius 1 is 1.30 bits per heavy atom. The number of phenolic OH excluding ortho intramolecular Hbond substituents is 1. The highest BCUT2D eigenvalue weighted by molar-refractivity contribution is 6.32. The molecule has 2 rings (SSSR count). The largest absolute Gasteiger partial charge is 0.503 e. The number of halogens is 3. The van der Waals surface area contributed by atoms with Crippen LogP contribution in [0, 0.1) is 11.6 Å². The highest BCUT2D eigenvalue weighted by Gasteiger charge is 2.11. The first-order valence-corrected chi connectivity index (χ1v) is 7.13. The lowest BCUT2D eigenvalue weighted by Gasteiger charge is -2.08. The number of carbonyl (C=O) groups is 1. The molecule has 0 amide bonds. The fraction of sp³-hybridized carbons (Fsp3) is 0.118. The molecule has 0 spiro atoms. The normalized spacial score (nSPS) is 11.0. The Kier molecular flexibility index (Phi) is 5.34. The number of phenols is 1. The number of allylic oxidation sites excluding steroid dienone is 1. The smallest absolute Gasteiger partial charge is 0.188 e. The van der Waals surface area contributed by atoms with Crippen LogP contribution in [0.25, 0.3) is 6.08 Å². The van der Waals surface area contributed by atoms with Crippen LogP contribution < -0.4 is 4.74 Å². The van der Waals surface area contributed by atoms with Gasteiger partial charge in [0.1, 0.15) is 11.6 Å². The first-order chi connectivity index (χ1) is 10.9. The van der Waals surface area contributed by atoms with Crippen molar-refractivity contribution in [3.8, 4) is 11.5 Å². The van der Waals surface area contributed by atoms with E-state index in [9.17, 15) is 18.7 Å². The molecule has 0 unspecified atom stereocenters. The van der Waals surface area contributed by atoms with Gasteiger partial charge in [-0.05, 0) is 48.9 Å². The number of aromatic hydroxyl groups is 1. The second kappa shape index (κ2) is 7.24. The minimum atomic E-state index is -0.806. The zero-order valence-corrected chi connectivity index (χ0v) is 12.9. The Hall–Kier alpha value is -2.40. The molecule has 0 radical (unpaired) electrons. The zero-order valence-electron chi connectivity index (χ0n) is 12.1. The third-order valence-electron chi connectivity index (χ3n) is 2.97. The van der Waals surface area contributed by atoms with Crippen molar-refractivity contribution in [2.45, 2.75) is 6.92 Å². The molecular formula is C17H13ClF2O3. The van der Waals surface area contributed by atoms with Gasteiger partial charge in [0.25, 0.3) is 0 Å². The quantitative estimate of drug-likeness (QED) is 0.639. The molecule has 0 heterocycles. The molecule has 0 aliphatic heterocycles. The van der Waals surface area contributed by atoms with Gasteiger partial charge in [-0.2, -0.15) is 0 Å². The molecular weight excluding hydrogens is 326 g/mol. The molecule has 23 heavy (non-hydrogen) atoms. The summed E-state index contributed by atoms with van der Waals surface area (Å²) in [7, 11) is 0. The maximum Gasteiger partial charge on any atom is 0.188 e. The van der Waals surface area contributed by atoms with Crippen molar-refractivity contribution in [3.63, 3.8) is 0 Å². The van der Waals surface area contributed by atoms with E-state index in [1.165, 1.54) is 18.2 Å². The summed E-state index contributed by atoms with van der Waals surface area (Å²) >= 11 is 5.87. The van der Waals surface area contributed by atoms with Crippen LogP contribution in [0.1, 0.15) is 22.8 Å². The number of benzene rings is 2. The third-order valence-corrected chi connectivity index (χ3v) is 3.26. The number of hydrogen-bond donors (Lipinski definition) is 1. The van der Waals surface area contributed by atoms with Crippen molar-refractivity contribution in [2.75, 3.05) is 6.61 Å². The number of ketones is 1. The first kappa shape index (κ1) is 17.0. The molecule has 2 aromatic carbocycles. The van der Waals surface area contributed by atoms with E-state index in [-0.39, 0.29) is 22.1 Å². The Bertz CT molecular complexity index is 773. The Morgan fingerprint density at radius 3 is 2.74 bits per heavy atom. The van der Waals surface area contributed by atoms with Gasteiger partial charge in [0.2, 0.25) is 0 Å². The number of rotatable bonds is 5. The summed E-state index contributed by atoms with van der Waals surface area (Å²) in [6.07, 6.45) is 2.47. The fourth-order valence-electron chi connectivity index (χ4n) is 1.90. The molecule has 0 atom stereocenters. The highest BCUT2D eigenvalue weighted by atomic mass is 35.5. The average Bonchev–Trinajstić information content (AvgIpc) is 2.52. The second-order valence-corrected chi connectivity index (χ2v) is 5.01. The summed E-state index contributed by atoms with van der Waals surface area (Å²) in [5.74, 6) is -2.23. The molecule has 6 heteroatoms. The highest BCUT2D eigenvalue weighted by Crippen LogP contribution is 2.35. The van der Waals surface area contributed by atoms with E-state index in [1.807, 2.05) is 0 Å². The van der Waals surface area contributed by atoms with Crippen LogP contribution >= 0.6 is 11.6 Å². The summed E-state index contributed by atoms with van der Waals surface area (Å²) in [4.78, 5) is 11.9. The molecule has 0 saturated heterocycles. The van der Waals surface area contributed by atoms with Crippen LogP contribution in [-0.4, -0.2) is 17.5 Å². The molecule has 0 aliphatic carbocycles. The van der Waals surface area contributed by atoms with E-state index >= 15 is 0 Å². The second-order valence-electron chi connectivity index (χ2n) is 4.60. The lowest BCUT2D eigenvalue weighted by atomic mass is 10.1. The maximum absolute atomic E-state index is 13.5. The van der Waals surface area contributed by atoms with E-state index in [0.717, 1.165) is 24.3 Å². The van der Waals surface area contributed by atoms with Crippen LogP contribution in [0.4, 0.5) is 8.78 Å². The minimum Gasteiger partial charge on any atom is -0.503 e. The van der Waals surface area contributed by atoms with Crippen molar-refractivity contribution < 1.29 is 23.4 Å². The maximum atomic E-state index is 13.5. The molecule has 2 aromatic rings.